The summed E-state index contributed by atoms with van der Waals surface area (Å²) < 4.78 is 11.6. The van der Waals surface area contributed by atoms with E-state index in [1.165, 1.54) is 38.5 Å². The summed E-state index contributed by atoms with van der Waals surface area (Å²) >= 11 is 0. The van der Waals surface area contributed by atoms with Crippen molar-refractivity contribution in [3.63, 3.8) is 0 Å². The second-order valence-electron chi connectivity index (χ2n) is 6.56. The van der Waals surface area contributed by atoms with Crippen LogP contribution in [0.3, 0.4) is 0 Å². The van der Waals surface area contributed by atoms with Crippen molar-refractivity contribution in [1.82, 2.24) is 10.1 Å². The maximum atomic E-state index is 6.16. The summed E-state index contributed by atoms with van der Waals surface area (Å²) in [6.07, 6.45) is 10.0. The standard InChI is InChI=1S/C16H27N3O2/c1-2-20-16(9-5-3-4-6-10-16)15-18-14(21-19-15)11-13(17)12-7-8-12/h12-13H,2-11,17H2,1H3. The van der Waals surface area contributed by atoms with Gasteiger partial charge in [-0.25, -0.2) is 0 Å². The monoisotopic (exact) mass is 293 g/mol. The summed E-state index contributed by atoms with van der Waals surface area (Å²) in [5.74, 6) is 2.07. The van der Waals surface area contributed by atoms with Crippen molar-refractivity contribution in [2.24, 2.45) is 11.7 Å². The first-order valence-electron chi connectivity index (χ1n) is 8.46. The van der Waals surface area contributed by atoms with Crippen molar-refractivity contribution in [2.75, 3.05) is 6.61 Å². The Morgan fingerprint density at radius 3 is 2.62 bits per heavy atom. The third-order valence-electron chi connectivity index (χ3n) is 4.85. The first kappa shape index (κ1) is 15.0. The molecule has 118 valence electrons. The lowest BCUT2D eigenvalue weighted by atomic mass is 9.93. The molecule has 1 aromatic heterocycles. The number of hydrogen-bond donors (Lipinski definition) is 1. The Labute approximate surface area is 126 Å². The Bertz CT molecular complexity index is 448. The highest BCUT2D eigenvalue weighted by Gasteiger charge is 2.38. The summed E-state index contributed by atoms with van der Waals surface area (Å²) in [6, 6.07) is 0.162. The Hall–Kier alpha value is -0.940. The van der Waals surface area contributed by atoms with E-state index >= 15 is 0 Å². The van der Waals surface area contributed by atoms with Crippen molar-refractivity contribution >= 4 is 0 Å². The predicted molar refractivity (Wildman–Crippen MR) is 79.7 cm³/mol. The summed E-state index contributed by atoms with van der Waals surface area (Å²) in [5.41, 5.74) is 5.82. The molecule has 2 N–H and O–H groups in total. The summed E-state index contributed by atoms with van der Waals surface area (Å²) in [5, 5.41) is 4.24. The molecule has 0 aromatic carbocycles. The molecule has 0 spiro atoms. The zero-order chi connectivity index (χ0) is 14.7. The normalized spacial score (nSPS) is 23.7. The van der Waals surface area contributed by atoms with Crippen LogP contribution in [0.1, 0.15) is 70.0 Å². The molecule has 2 aliphatic carbocycles. The molecular formula is C16H27N3O2. The zero-order valence-electron chi connectivity index (χ0n) is 13.0. The highest BCUT2D eigenvalue weighted by atomic mass is 16.5. The van der Waals surface area contributed by atoms with Gasteiger partial charge in [-0.15, -0.1) is 0 Å². The van der Waals surface area contributed by atoms with Gasteiger partial charge in [-0.1, -0.05) is 30.8 Å². The fourth-order valence-electron chi connectivity index (χ4n) is 3.42. The van der Waals surface area contributed by atoms with Gasteiger partial charge in [0.1, 0.15) is 5.60 Å². The van der Waals surface area contributed by atoms with E-state index in [9.17, 15) is 0 Å². The van der Waals surface area contributed by atoms with Crippen molar-refractivity contribution in [3.05, 3.63) is 11.7 Å². The molecular weight excluding hydrogens is 266 g/mol. The third-order valence-corrected chi connectivity index (χ3v) is 4.85. The second-order valence-corrected chi connectivity index (χ2v) is 6.56. The maximum absolute atomic E-state index is 6.16. The Balaban J connectivity index is 1.74. The van der Waals surface area contributed by atoms with Gasteiger partial charge < -0.3 is 15.0 Å². The molecule has 0 bridgehead atoms. The van der Waals surface area contributed by atoms with Gasteiger partial charge in [0.15, 0.2) is 0 Å². The molecule has 21 heavy (non-hydrogen) atoms. The average molecular weight is 293 g/mol. The Morgan fingerprint density at radius 2 is 2.00 bits per heavy atom. The molecule has 2 fully saturated rings. The quantitative estimate of drug-likeness (QED) is 0.816. The Kier molecular flexibility index (Phi) is 4.60. The first-order chi connectivity index (χ1) is 10.2. The summed E-state index contributed by atoms with van der Waals surface area (Å²) in [6.45, 7) is 2.72. The van der Waals surface area contributed by atoms with Crippen LogP contribution in [0.2, 0.25) is 0 Å². The summed E-state index contributed by atoms with van der Waals surface area (Å²) in [4.78, 5) is 4.63. The van der Waals surface area contributed by atoms with E-state index < -0.39 is 0 Å². The minimum absolute atomic E-state index is 0.162. The number of aromatic nitrogens is 2. The molecule has 5 nitrogen and oxygen atoms in total. The molecule has 1 aromatic rings. The van der Waals surface area contributed by atoms with Crippen LogP contribution in [0.15, 0.2) is 4.52 Å². The van der Waals surface area contributed by atoms with Crippen LogP contribution in [0.25, 0.3) is 0 Å². The van der Waals surface area contributed by atoms with Crippen LogP contribution in [0, 0.1) is 5.92 Å². The number of rotatable bonds is 6. The van der Waals surface area contributed by atoms with E-state index in [4.69, 9.17) is 15.0 Å². The fourth-order valence-corrected chi connectivity index (χ4v) is 3.42. The molecule has 0 saturated heterocycles. The first-order valence-corrected chi connectivity index (χ1v) is 8.46. The number of hydrogen-bond acceptors (Lipinski definition) is 5. The van der Waals surface area contributed by atoms with E-state index in [0.717, 1.165) is 18.7 Å². The number of nitrogens with zero attached hydrogens (tertiary/aromatic N) is 2. The van der Waals surface area contributed by atoms with Crippen LogP contribution in [-0.2, 0) is 16.8 Å². The zero-order valence-corrected chi connectivity index (χ0v) is 13.0. The highest BCUT2D eigenvalue weighted by Crippen LogP contribution is 2.38. The van der Waals surface area contributed by atoms with Gasteiger partial charge in [-0.3, -0.25) is 0 Å². The number of nitrogens with two attached hydrogens (primary N) is 1. The predicted octanol–water partition coefficient (Wildman–Crippen LogP) is 2.94. The van der Waals surface area contributed by atoms with Crippen LogP contribution in [0.4, 0.5) is 0 Å². The Morgan fingerprint density at radius 1 is 1.29 bits per heavy atom. The molecule has 2 saturated carbocycles. The van der Waals surface area contributed by atoms with Crippen molar-refractivity contribution < 1.29 is 9.26 Å². The molecule has 0 aliphatic heterocycles. The molecule has 0 amide bonds. The van der Waals surface area contributed by atoms with E-state index in [1.54, 1.807) is 0 Å². The van der Waals surface area contributed by atoms with Gasteiger partial charge in [-0.2, -0.15) is 4.98 Å². The fraction of sp³-hybridized carbons (Fsp3) is 0.875. The molecule has 3 rings (SSSR count). The lowest BCUT2D eigenvalue weighted by Crippen LogP contribution is -2.31. The number of ether oxygens (including phenoxy) is 1. The smallest absolute Gasteiger partial charge is 0.228 e. The molecule has 5 heteroatoms. The summed E-state index contributed by atoms with van der Waals surface area (Å²) in [7, 11) is 0. The van der Waals surface area contributed by atoms with Crippen molar-refractivity contribution in [2.45, 2.75) is 76.4 Å². The maximum Gasteiger partial charge on any atom is 0.228 e. The highest BCUT2D eigenvalue weighted by molar-refractivity contribution is 5.04. The molecule has 1 unspecified atom stereocenters. The van der Waals surface area contributed by atoms with Crippen molar-refractivity contribution in [3.8, 4) is 0 Å². The lowest BCUT2D eigenvalue weighted by Gasteiger charge is -2.29. The van der Waals surface area contributed by atoms with E-state index in [1.807, 2.05) is 6.92 Å². The molecule has 0 radical (unpaired) electrons. The van der Waals surface area contributed by atoms with Gasteiger partial charge in [0.2, 0.25) is 11.7 Å². The van der Waals surface area contributed by atoms with E-state index in [2.05, 4.69) is 10.1 Å². The van der Waals surface area contributed by atoms with Crippen molar-refractivity contribution in [1.29, 1.82) is 0 Å². The van der Waals surface area contributed by atoms with Crippen LogP contribution in [-0.4, -0.2) is 22.8 Å². The molecule has 2 aliphatic rings. The van der Waals surface area contributed by atoms with E-state index in [-0.39, 0.29) is 11.6 Å². The minimum Gasteiger partial charge on any atom is -0.367 e. The SMILES string of the molecule is CCOC1(c2noc(CC(N)C3CC3)n2)CCCCCC1. The van der Waals surface area contributed by atoms with Crippen LogP contribution in [0.5, 0.6) is 0 Å². The van der Waals surface area contributed by atoms with Gasteiger partial charge in [0.25, 0.3) is 0 Å². The molecule has 1 heterocycles. The lowest BCUT2D eigenvalue weighted by molar-refractivity contribution is -0.0636. The largest absolute Gasteiger partial charge is 0.367 e. The second kappa shape index (κ2) is 6.44. The van der Waals surface area contributed by atoms with Gasteiger partial charge >= 0.3 is 0 Å². The van der Waals surface area contributed by atoms with E-state index in [0.29, 0.717) is 24.8 Å². The molecule has 1 atom stereocenters. The topological polar surface area (TPSA) is 74.2 Å². The third kappa shape index (κ3) is 3.46. The van der Waals surface area contributed by atoms with Gasteiger partial charge in [0, 0.05) is 19.1 Å². The minimum atomic E-state index is -0.337. The average Bonchev–Trinajstić information content (AvgIpc) is 3.26. The van der Waals surface area contributed by atoms with Crippen LogP contribution >= 0.6 is 0 Å². The van der Waals surface area contributed by atoms with Crippen LogP contribution < -0.4 is 5.73 Å². The van der Waals surface area contributed by atoms with Gasteiger partial charge in [0.05, 0.1) is 0 Å². The van der Waals surface area contributed by atoms with Gasteiger partial charge in [-0.05, 0) is 38.5 Å².